The van der Waals surface area contributed by atoms with Gasteiger partial charge < -0.3 is 9.67 Å². The van der Waals surface area contributed by atoms with Crippen molar-refractivity contribution in [2.24, 2.45) is 0 Å². The van der Waals surface area contributed by atoms with Gasteiger partial charge in [-0.15, -0.1) is 0 Å². The fourth-order valence-corrected chi connectivity index (χ4v) is 2.57. The highest BCUT2D eigenvalue weighted by Crippen LogP contribution is 2.31. The van der Waals surface area contributed by atoms with Crippen molar-refractivity contribution in [2.75, 3.05) is 0 Å². The van der Waals surface area contributed by atoms with Crippen molar-refractivity contribution < 1.29 is 14.7 Å². The Morgan fingerprint density at radius 3 is 2.48 bits per heavy atom. The highest BCUT2D eigenvalue weighted by molar-refractivity contribution is 6.08. The average molecular weight is 287 g/mol. The Balaban J connectivity index is 2.89. The van der Waals surface area contributed by atoms with E-state index in [1.807, 2.05) is 38.3 Å². The number of carboxylic acids is 1. The van der Waals surface area contributed by atoms with Crippen molar-refractivity contribution in [2.45, 2.75) is 46.1 Å². The fraction of sp³-hybridized carbons (Fsp3) is 0.412. The lowest BCUT2D eigenvalue weighted by Gasteiger charge is -2.20. The quantitative estimate of drug-likeness (QED) is 0.869. The molecule has 0 unspecified atom stereocenters. The second-order valence-corrected chi connectivity index (χ2v) is 6.37. The number of aldehydes is 1. The molecule has 1 aromatic heterocycles. The van der Waals surface area contributed by atoms with E-state index in [1.54, 1.807) is 12.3 Å². The number of aromatic carboxylic acids is 1. The summed E-state index contributed by atoms with van der Waals surface area (Å²) in [7, 11) is 0. The molecule has 0 aliphatic rings. The van der Waals surface area contributed by atoms with Crippen molar-refractivity contribution in [3.63, 3.8) is 0 Å². The van der Waals surface area contributed by atoms with Gasteiger partial charge in [-0.25, -0.2) is 4.79 Å². The number of fused-ring (bicyclic) bond motifs is 1. The van der Waals surface area contributed by atoms with Crippen LogP contribution in [0.2, 0.25) is 0 Å². The molecule has 1 aromatic carbocycles. The van der Waals surface area contributed by atoms with Crippen LogP contribution in [0.3, 0.4) is 0 Å². The van der Waals surface area contributed by atoms with E-state index in [-0.39, 0.29) is 11.0 Å². The summed E-state index contributed by atoms with van der Waals surface area (Å²) in [5, 5.41) is 10.3. The minimum atomic E-state index is -0.959. The van der Waals surface area contributed by atoms with E-state index < -0.39 is 5.97 Å². The maximum absolute atomic E-state index is 11.6. The molecular weight excluding hydrogens is 266 g/mol. The Hall–Kier alpha value is -2.10. The molecule has 0 spiro atoms. The van der Waals surface area contributed by atoms with Crippen LogP contribution in [0.4, 0.5) is 0 Å². The molecule has 0 atom stereocenters. The Morgan fingerprint density at radius 2 is 2.00 bits per heavy atom. The Kier molecular flexibility index (Phi) is 3.90. The number of nitrogens with zero attached hydrogens (tertiary/aromatic N) is 1. The molecule has 0 bridgehead atoms. The van der Waals surface area contributed by atoms with Crippen LogP contribution in [0.1, 0.15) is 60.4 Å². The normalized spacial score (nSPS) is 11.8. The summed E-state index contributed by atoms with van der Waals surface area (Å²) in [4.78, 5) is 23.0. The van der Waals surface area contributed by atoms with Gasteiger partial charge in [0.05, 0.1) is 11.1 Å². The maximum Gasteiger partial charge on any atom is 0.337 e. The summed E-state index contributed by atoms with van der Waals surface area (Å²) in [6.07, 6.45) is 3.43. The Morgan fingerprint density at radius 1 is 1.33 bits per heavy atom. The van der Waals surface area contributed by atoms with Gasteiger partial charge in [-0.1, -0.05) is 27.7 Å². The summed E-state index contributed by atoms with van der Waals surface area (Å²) in [6, 6.07) is 3.67. The first kappa shape index (κ1) is 15.3. The van der Waals surface area contributed by atoms with E-state index in [4.69, 9.17) is 0 Å². The topological polar surface area (TPSA) is 59.3 Å². The second-order valence-electron chi connectivity index (χ2n) is 6.37. The molecule has 4 nitrogen and oxygen atoms in total. The van der Waals surface area contributed by atoms with Gasteiger partial charge in [-0.2, -0.15) is 0 Å². The molecule has 0 fully saturated rings. The number of benzene rings is 1. The smallest absolute Gasteiger partial charge is 0.337 e. The van der Waals surface area contributed by atoms with E-state index in [0.717, 1.165) is 23.7 Å². The van der Waals surface area contributed by atoms with Crippen LogP contribution < -0.4 is 0 Å². The molecule has 0 aliphatic heterocycles. The summed E-state index contributed by atoms with van der Waals surface area (Å²) in [5.41, 5.74) is 2.20. The zero-order valence-corrected chi connectivity index (χ0v) is 12.9. The van der Waals surface area contributed by atoms with E-state index in [2.05, 4.69) is 0 Å². The van der Waals surface area contributed by atoms with Gasteiger partial charge in [0.25, 0.3) is 0 Å². The summed E-state index contributed by atoms with van der Waals surface area (Å²) in [5.74, 6) is -0.959. The molecular formula is C17H21NO3. The molecule has 1 N–H and O–H groups in total. The van der Waals surface area contributed by atoms with Crippen molar-refractivity contribution >= 4 is 23.2 Å². The molecule has 2 aromatic rings. The molecule has 2 rings (SSSR count). The molecule has 0 radical (unpaired) electrons. The third kappa shape index (κ3) is 2.71. The lowest BCUT2D eigenvalue weighted by Crippen LogP contribution is -2.13. The predicted molar refractivity (Wildman–Crippen MR) is 83.3 cm³/mol. The van der Waals surface area contributed by atoms with E-state index in [0.29, 0.717) is 17.6 Å². The SMILES string of the molecule is CCCn1cc(C=O)c2cc(C(C)(C)C)cc(C(=O)O)c21. The molecule has 112 valence electrons. The van der Waals surface area contributed by atoms with E-state index in [1.165, 1.54) is 0 Å². The largest absolute Gasteiger partial charge is 0.478 e. The summed E-state index contributed by atoms with van der Waals surface area (Å²) in [6.45, 7) is 8.81. The third-order valence-corrected chi connectivity index (χ3v) is 3.69. The van der Waals surface area contributed by atoms with Gasteiger partial charge in [0.2, 0.25) is 0 Å². The van der Waals surface area contributed by atoms with Crippen molar-refractivity contribution in [1.82, 2.24) is 4.57 Å². The molecule has 0 saturated heterocycles. The van der Waals surface area contributed by atoms with Crippen LogP contribution >= 0.6 is 0 Å². The van der Waals surface area contributed by atoms with Gasteiger partial charge in [-0.3, -0.25) is 4.79 Å². The van der Waals surface area contributed by atoms with Gasteiger partial charge in [0.1, 0.15) is 0 Å². The number of aryl methyl sites for hydroxylation is 1. The summed E-state index contributed by atoms with van der Waals surface area (Å²) >= 11 is 0. The summed E-state index contributed by atoms with van der Waals surface area (Å²) < 4.78 is 1.87. The minimum absolute atomic E-state index is 0.175. The molecule has 0 aliphatic carbocycles. The second kappa shape index (κ2) is 5.35. The Labute approximate surface area is 124 Å². The zero-order valence-electron chi connectivity index (χ0n) is 12.9. The predicted octanol–water partition coefficient (Wildman–Crippen LogP) is 3.86. The van der Waals surface area contributed by atoms with Crippen LogP contribution in [0.5, 0.6) is 0 Å². The lowest BCUT2D eigenvalue weighted by atomic mass is 9.85. The van der Waals surface area contributed by atoms with Gasteiger partial charge in [0, 0.05) is 23.7 Å². The highest BCUT2D eigenvalue weighted by atomic mass is 16.4. The average Bonchev–Trinajstić information content (AvgIpc) is 2.75. The molecule has 0 amide bonds. The number of hydrogen-bond donors (Lipinski definition) is 1. The molecule has 0 saturated carbocycles. The van der Waals surface area contributed by atoms with Crippen LogP contribution in [-0.2, 0) is 12.0 Å². The van der Waals surface area contributed by atoms with Crippen molar-refractivity contribution in [3.8, 4) is 0 Å². The third-order valence-electron chi connectivity index (χ3n) is 3.69. The Bertz CT molecular complexity index is 705. The monoisotopic (exact) mass is 287 g/mol. The van der Waals surface area contributed by atoms with Crippen molar-refractivity contribution in [1.29, 1.82) is 0 Å². The molecule has 21 heavy (non-hydrogen) atoms. The van der Waals surface area contributed by atoms with Crippen LogP contribution in [0, 0.1) is 0 Å². The molecule has 4 heteroatoms. The number of rotatable bonds is 4. The van der Waals surface area contributed by atoms with Gasteiger partial charge in [-0.05, 0) is 29.5 Å². The number of carboxylic acid groups (broad SMARTS) is 1. The fourth-order valence-electron chi connectivity index (χ4n) is 2.57. The van der Waals surface area contributed by atoms with E-state index in [9.17, 15) is 14.7 Å². The number of aromatic nitrogens is 1. The zero-order chi connectivity index (χ0) is 15.8. The maximum atomic E-state index is 11.6. The van der Waals surface area contributed by atoms with Crippen molar-refractivity contribution in [3.05, 3.63) is 35.0 Å². The van der Waals surface area contributed by atoms with Crippen LogP contribution in [0.15, 0.2) is 18.3 Å². The molecule has 1 heterocycles. The van der Waals surface area contributed by atoms with E-state index >= 15 is 0 Å². The highest BCUT2D eigenvalue weighted by Gasteiger charge is 2.22. The minimum Gasteiger partial charge on any atom is -0.478 e. The number of carbonyl (C=O) groups excluding carboxylic acids is 1. The first-order chi connectivity index (χ1) is 9.79. The lowest BCUT2D eigenvalue weighted by molar-refractivity contribution is 0.0698. The van der Waals surface area contributed by atoms with Crippen LogP contribution in [-0.4, -0.2) is 21.9 Å². The van der Waals surface area contributed by atoms with Gasteiger partial charge >= 0.3 is 5.97 Å². The van der Waals surface area contributed by atoms with Gasteiger partial charge in [0.15, 0.2) is 6.29 Å². The number of carbonyl (C=O) groups is 2. The first-order valence-electron chi connectivity index (χ1n) is 7.15. The first-order valence-corrected chi connectivity index (χ1v) is 7.15. The standard InChI is InChI=1S/C17H21NO3/c1-5-6-18-9-11(10-19)13-7-12(17(2,3)4)8-14(15(13)18)16(20)21/h7-10H,5-6H2,1-4H3,(H,20,21). The van der Waals surface area contributed by atoms with Crippen LogP contribution in [0.25, 0.3) is 10.9 Å². The number of hydrogen-bond acceptors (Lipinski definition) is 2.